The highest BCUT2D eigenvalue weighted by Gasteiger charge is 2.21. The highest BCUT2D eigenvalue weighted by molar-refractivity contribution is 7.90. The molecule has 3 rings (SSSR count). The van der Waals surface area contributed by atoms with Crippen LogP contribution in [0.4, 0.5) is 5.13 Å². The standard InChI is InChI=1S/C16H9Cl5N2O4S2/c1-29(25,26)6-2-3-7-8(4-6)28-16(22-7)23-9(24)5-27-15-13(20)11(18)10(17)12(19)14(15)21/h2-4H,5H2,1H3,(H,22,23,24). The molecule has 0 aliphatic carbocycles. The van der Waals surface area contributed by atoms with E-state index in [2.05, 4.69) is 10.3 Å². The number of hydrogen-bond acceptors (Lipinski definition) is 6. The maximum atomic E-state index is 12.2. The van der Waals surface area contributed by atoms with E-state index in [0.717, 1.165) is 17.6 Å². The molecule has 0 aliphatic rings. The number of sulfone groups is 1. The van der Waals surface area contributed by atoms with Gasteiger partial charge in [-0.1, -0.05) is 69.3 Å². The SMILES string of the molecule is CS(=O)(=O)c1ccc2nc(NC(=O)COc3c(Cl)c(Cl)c(Cl)c(Cl)c3Cl)sc2c1. The van der Waals surface area contributed by atoms with Crippen LogP contribution in [0.25, 0.3) is 10.2 Å². The number of carbonyl (C=O) groups is 1. The van der Waals surface area contributed by atoms with E-state index in [1.807, 2.05) is 0 Å². The van der Waals surface area contributed by atoms with Crippen LogP contribution in [-0.4, -0.2) is 32.2 Å². The minimum atomic E-state index is -3.35. The minimum Gasteiger partial charge on any atom is -0.481 e. The molecule has 0 spiro atoms. The Bertz CT molecular complexity index is 1210. The number of carbonyl (C=O) groups excluding carboxylic acids is 1. The predicted molar refractivity (Wildman–Crippen MR) is 118 cm³/mol. The largest absolute Gasteiger partial charge is 0.481 e. The first-order valence-corrected chi connectivity index (χ1v) is 12.1. The van der Waals surface area contributed by atoms with Gasteiger partial charge in [0.05, 0.1) is 30.2 Å². The second kappa shape index (κ2) is 8.63. The number of nitrogens with zero attached hydrogens (tertiary/aromatic N) is 1. The number of nitrogens with one attached hydrogen (secondary N) is 1. The quantitative estimate of drug-likeness (QED) is 0.321. The number of benzene rings is 2. The highest BCUT2D eigenvalue weighted by Crippen LogP contribution is 2.48. The summed E-state index contributed by atoms with van der Waals surface area (Å²) < 4.78 is 29.3. The zero-order chi connectivity index (χ0) is 21.5. The van der Waals surface area contributed by atoms with Gasteiger partial charge in [-0.3, -0.25) is 10.1 Å². The number of halogens is 5. The van der Waals surface area contributed by atoms with Crippen LogP contribution in [0.3, 0.4) is 0 Å². The molecule has 3 aromatic rings. The molecule has 0 bridgehead atoms. The molecule has 6 nitrogen and oxygen atoms in total. The molecule has 0 radical (unpaired) electrons. The highest BCUT2D eigenvalue weighted by atomic mass is 35.5. The molecule has 154 valence electrons. The van der Waals surface area contributed by atoms with Gasteiger partial charge in [0.15, 0.2) is 27.3 Å². The van der Waals surface area contributed by atoms with Crippen molar-refractivity contribution in [1.29, 1.82) is 0 Å². The van der Waals surface area contributed by atoms with Gasteiger partial charge in [-0.2, -0.15) is 0 Å². The number of fused-ring (bicyclic) bond motifs is 1. The van der Waals surface area contributed by atoms with Crippen molar-refractivity contribution in [3.05, 3.63) is 43.3 Å². The van der Waals surface area contributed by atoms with Crippen molar-refractivity contribution >= 4 is 100 Å². The van der Waals surface area contributed by atoms with Crippen LogP contribution in [0.5, 0.6) is 5.75 Å². The lowest BCUT2D eigenvalue weighted by molar-refractivity contribution is -0.118. The van der Waals surface area contributed by atoms with Crippen LogP contribution < -0.4 is 10.1 Å². The Hall–Kier alpha value is -1.000. The monoisotopic (exact) mass is 532 g/mol. The average molecular weight is 535 g/mol. The number of thiazole rings is 1. The molecule has 1 amide bonds. The van der Waals surface area contributed by atoms with Crippen LogP contribution >= 0.6 is 69.3 Å². The molecular weight excluding hydrogens is 526 g/mol. The summed E-state index contributed by atoms with van der Waals surface area (Å²) in [5.74, 6) is -0.633. The third-order valence-electron chi connectivity index (χ3n) is 3.55. The van der Waals surface area contributed by atoms with Gasteiger partial charge < -0.3 is 4.74 Å². The van der Waals surface area contributed by atoms with Crippen molar-refractivity contribution in [2.75, 3.05) is 18.2 Å². The van der Waals surface area contributed by atoms with Crippen molar-refractivity contribution < 1.29 is 17.9 Å². The van der Waals surface area contributed by atoms with E-state index < -0.39 is 22.4 Å². The summed E-state index contributed by atoms with van der Waals surface area (Å²) in [5.41, 5.74) is 0.543. The smallest absolute Gasteiger partial charge is 0.264 e. The van der Waals surface area contributed by atoms with Gasteiger partial charge in [0, 0.05) is 6.26 Å². The molecule has 0 fully saturated rings. The molecule has 1 heterocycles. The Morgan fingerprint density at radius 2 is 1.66 bits per heavy atom. The van der Waals surface area contributed by atoms with Crippen molar-refractivity contribution in [1.82, 2.24) is 4.98 Å². The van der Waals surface area contributed by atoms with Gasteiger partial charge in [-0.25, -0.2) is 13.4 Å². The summed E-state index contributed by atoms with van der Waals surface area (Å²) in [7, 11) is -3.35. The summed E-state index contributed by atoms with van der Waals surface area (Å²) in [6.45, 7) is -0.460. The third-order valence-corrected chi connectivity index (χ3v) is 7.84. The molecule has 0 unspecified atom stereocenters. The second-order valence-electron chi connectivity index (χ2n) is 5.66. The van der Waals surface area contributed by atoms with Crippen LogP contribution in [-0.2, 0) is 14.6 Å². The first kappa shape index (κ1) is 22.7. The topological polar surface area (TPSA) is 85.4 Å². The summed E-state index contributed by atoms with van der Waals surface area (Å²) in [6, 6.07) is 4.50. The lowest BCUT2D eigenvalue weighted by Gasteiger charge is -2.13. The number of anilines is 1. The molecule has 0 atom stereocenters. The average Bonchev–Trinajstić information content (AvgIpc) is 3.05. The maximum absolute atomic E-state index is 12.2. The Morgan fingerprint density at radius 1 is 1.07 bits per heavy atom. The minimum absolute atomic E-state index is 0.0249. The van der Waals surface area contributed by atoms with E-state index in [4.69, 9.17) is 62.7 Å². The molecular formula is C16H9Cl5N2O4S2. The van der Waals surface area contributed by atoms with E-state index in [9.17, 15) is 13.2 Å². The maximum Gasteiger partial charge on any atom is 0.264 e. The number of aromatic nitrogens is 1. The zero-order valence-electron chi connectivity index (χ0n) is 14.2. The normalized spacial score (nSPS) is 11.7. The van der Waals surface area contributed by atoms with Gasteiger partial charge in [-0.15, -0.1) is 0 Å². The molecule has 0 saturated heterocycles. The van der Waals surface area contributed by atoms with E-state index in [1.54, 1.807) is 6.07 Å². The zero-order valence-corrected chi connectivity index (χ0v) is 19.6. The molecule has 1 aromatic heterocycles. The Morgan fingerprint density at radius 3 is 2.24 bits per heavy atom. The second-order valence-corrected chi connectivity index (χ2v) is 10.6. The summed E-state index contributed by atoms with van der Waals surface area (Å²) in [6.07, 6.45) is 1.11. The van der Waals surface area contributed by atoms with E-state index in [0.29, 0.717) is 10.2 Å². The van der Waals surface area contributed by atoms with Crippen LogP contribution in [0.2, 0.25) is 25.1 Å². The van der Waals surface area contributed by atoms with Crippen molar-refractivity contribution in [2.24, 2.45) is 0 Å². The Balaban J connectivity index is 1.75. The third kappa shape index (κ3) is 4.85. The van der Waals surface area contributed by atoms with E-state index >= 15 is 0 Å². The van der Waals surface area contributed by atoms with Gasteiger partial charge in [0.1, 0.15) is 10.0 Å². The fourth-order valence-corrected chi connectivity index (χ4v) is 5.07. The molecule has 0 aliphatic heterocycles. The molecule has 13 heteroatoms. The molecule has 29 heavy (non-hydrogen) atoms. The van der Waals surface area contributed by atoms with Gasteiger partial charge in [0.25, 0.3) is 5.91 Å². The fraction of sp³-hybridized carbons (Fsp3) is 0.125. The van der Waals surface area contributed by atoms with Crippen LogP contribution in [0, 0.1) is 0 Å². The van der Waals surface area contributed by atoms with Gasteiger partial charge >= 0.3 is 0 Å². The van der Waals surface area contributed by atoms with Crippen molar-refractivity contribution in [2.45, 2.75) is 4.90 Å². The van der Waals surface area contributed by atoms with Gasteiger partial charge in [0.2, 0.25) is 0 Å². The first-order chi connectivity index (χ1) is 13.5. The molecule has 2 aromatic carbocycles. The predicted octanol–water partition coefficient (Wildman–Crippen LogP) is 5.98. The molecule has 1 N–H and O–H groups in total. The van der Waals surface area contributed by atoms with Crippen molar-refractivity contribution in [3.63, 3.8) is 0 Å². The first-order valence-electron chi connectivity index (χ1n) is 7.53. The summed E-state index contributed by atoms with van der Waals surface area (Å²) in [5, 5.41) is 2.54. The fourth-order valence-electron chi connectivity index (χ4n) is 2.19. The van der Waals surface area contributed by atoms with Crippen LogP contribution in [0.15, 0.2) is 23.1 Å². The lowest BCUT2D eigenvalue weighted by Crippen LogP contribution is -2.20. The van der Waals surface area contributed by atoms with E-state index in [-0.39, 0.29) is 40.9 Å². The number of hydrogen-bond donors (Lipinski definition) is 1. The number of amides is 1. The summed E-state index contributed by atoms with van der Waals surface area (Å²) >= 11 is 31.0. The van der Waals surface area contributed by atoms with Gasteiger partial charge in [-0.05, 0) is 18.2 Å². The van der Waals surface area contributed by atoms with Crippen molar-refractivity contribution in [3.8, 4) is 5.75 Å². The van der Waals surface area contributed by atoms with E-state index in [1.165, 1.54) is 12.1 Å². The lowest BCUT2D eigenvalue weighted by atomic mass is 10.3. The number of rotatable bonds is 5. The Labute approximate surface area is 194 Å². The van der Waals surface area contributed by atoms with Crippen LogP contribution in [0.1, 0.15) is 0 Å². The number of ether oxygens (including phenoxy) is 1. The summed E-state index contributed by atoms with van der Waals surface area (Å²) in [4.78, 5) is 16.6. The molecule has 0 saturated carbocycles. The Kier molecular flexibility index (Phi) is 6.75.